The highest BCUT2D eigenvalue weighted by Gasteiger charge is 2.67. The summed E-state index contributed by atoms with van der Waals surface area (Å²) in [6.45, 7) is 35.8. The topological polar surface area (TPSA) is 300 Å². The molecule has 0 radical (unpaired) electrons. The van der Waals surface area contributed by atoms with E-state index in [1.807, 2.05) is 0 Å². The van der Waals surface area contributed by atoms with E-state index in [1.54, 1.807) is 0 Å². The summed E-state index contributed by atoms with van der Waals surface area (Å²) in [5.41, 5.74) is -4.38. The van der Waals surface area contributed by atoms with E-state index >= 15 is 9.59 Å². The molecular formula is C119H186O22. The molecule has 36 atom stereocenters. The molecule has 22 nitrogen and oxygen atoms in total. The van der Waals surface area contributed by atoms with Crippen molar-refractivity contribution in [2.45, 2.75) is 438 Å². The summed E-state index contributed by atoms with van der Waals surface area (Å²) in [4.78, 5) is 150. The molecule has 0 aromatic heterocycles. The lowest BCUT2D eigenvalue weighted by Gasteiger charge is -2.61. The fourth-order valence-electron chi connectivity index (χ4n) is 38.9. The Bertz CT molecular complexity index is 4010. The molecule has 0 aromatic carbocycles. The zero-order valence-electron chi connectivity index (χ0n) is 90.5. The average Bonchev–Trinajstić information content (AvgIpc) is 1.68. The predicted molar refractivity (Wildman–Crippen MR) is 534 cm³/mol. The highest BCUT2D eigenvalue weighted by Crippen LogP contribution is 2.75. The van der Waals surface area contributed by atoms with Gasteiger partial charge in [0, 0.05) is 53.4 Å². The van der Waals surface area contributed by atoms with Crippen LogP contribution in [0.25, 0.3) is 0 Å². The number of carboxylic acids is 1. The number of carboxylic acid groups (broad SMARTS) is 1. The van der Waals surface area contributed by atoms with E-state index in [0.717, 1.165) is 180 Å². The molecule has 22 heteroatoms. The minimum Gasteiger partial charge on any atom is -0.481 e. The third-order valence-corrected chi connectivity index (χ3v) is 46.8. The van der Waals surface area contributed by atoms with Gasteiger partial charge in [-0.25, -0.2) is 0 Å². The molecule has 16 aliphatic rings. The van der Waals surface area contributed by atoms with E-state index in [0.29, 0.717) is 144 Å². The molecule has 0 bridgehead atoms. The number of ether oxygens (including phenoxy) is 10. The quantitative estimate of drug-likeness (QED) is 0.0455. The molecule has 0 amide bonds. The van der Waals surface area contributed by atoms with E-state index in [1.165, 1.54) is 99.8 Å². The van der Waals surface area contributed by atoms with E-state index in [-0.39, 0.29) is 141 Å². The number of carbonyl (C=O) groups excluding carboxylic acids is 10. The summed E-state index contributed by atoms with van der Waals surface area (Å²) >= 11 is 0. The van der Waals surface area contributed by atoms with Crippen LogP contribution in [0.5, 0.6) is 0 Å². The maximum Gasteiger partial charge on any atom is 0.318 e. The van der Waals surface area contributed by atoms with Gasteiger partial charge in [-0.3, -0.25) is 52.7 Å². The van der Waals surface area contributed by atoms with Crippen molar-refractivity contribution >= 4 is 65.7 Å². The summed E-state index contributed by atoms with van der Waals surface area (Å²) in [5.74, 6) is 5.74. The summed E-state index contributed by atoms with van der Waals surface area (Å²) in [6, 6.07) is 0. The van der Waals surface area contributed by atoms with Crippen molar-refractivity contribution in [2.24, 2.45) is 202 Å². The van der Waals surface area contributed by atoms with Gasteiger partial charge in [-0.05, 0) is 463 Å². The molecule has 1 N–H and O–H groups in total. The molecule has 16 fully saturated rings. The van der Waals surface area contributed by atoms with Crippen LogP contribution in [0, 0.1) is 202 Å². The molecule has 794 valence electrons. The molecule has 0 spiro atoms. The van der Waals surface area contributed by atoms with Crippen molar-refractivity contribution in [3.05, 3.63) is 0 Å². The fraction of sp³-hybridized carbons (Fsp3) is 0.908. The predicted octanol–water partition coefficient (Wildman–Crippen LogP) is 24.4. The van der Waals surface area contributed by atoms with Crippen molar-refractivity contribution in [1.29, 1.82) is 0 Å². The first kappa shape index (κ1) is 108. The van der Waals surface area contributed by atoms with Crippen molar-refractivity contribution < 1.29 is 105 Å². The molecule has 0 heterocycles. The fourth-order valence-corrected chi connectivity index (χ4v) is 38.9. The highest BCUT2D eigenvalue weighted by molar-refractivity contribution is 5.82. The van der Waals surface area contributed by atoms with Gasteiger partial charge in [-0.2, -0.15) is 0 Å². The molecular weight excluding hydrogens is 1780 g/mol. The van der Waals surface area contributed by atoms with Gasteiger partial charge in [-0.15, -0.1) is 0 Å². The molecule has 141 heavy (non-hydrogen) atoms. The van der Waals surface area contributed by atoms with E-state index in [4.69, 9.17) is 47.4 Å². The van der Waals surface area contributed by atoms with Crippen LogP contribution in [0.1, 0.15) is 414 Å². The first-order valence-corrected chi connectivity index (χ1v) is 57.4. The second-order valence-electron chi connectivity index (χ2n) is 54.4. The normalized spacial score (nSPS) is 42.4. The first-order valence-electron chi connectivity index (χ1n) is 57.4. The Kier molecular flexibility index (Phi) is 32.4. The number of carbonyl (C=O) groups is 11. The highest BCUT2D eigenvalue weighted by atomic mass is 16.6. The van der Waals surface area contributed by atoms with Crippen molar-refractivity contribution in [2.75, 3.05) is 39.6 Å². The van der Waals surface area contributed by atoms with Gasteiger partial charge in [0.1, 0.15) is 80.3 Å². The number of hydrogen-bond donors (Lipinski definition) is 1. The lowest BCUT2D eigenvalue weighted by atomic mass is 9.44. The maximum atomic E-state index is 15.2. The monoisotopic (exact) mass is 1970 g/mol. The Morgan fingerprint density at radius 1 is 0.262 bits per heavy atom. The van der Waals surface area contributed by atoms with Gasteiger partial charge in [0.2, 0.25) is 0 Å². The van der Waals surface area contributed by atoms with E-state index in [9.17, 15) is 48.3 Å². The summed E-state index contributed by atoms with van der Waals surface area (Å²) in [6.07, 6.45) is 42.1. The second-order valence-corrected chi connectivity index (χ2v) is 54.4. The summed E-state index contributed by atoms with van der Waals surface area (Å²) in [5, 5.41) is 11.2. The van der Waals surface area contributed by atoms with Crippen molar-refractivity contribution in [1.82, 2.24) is 0 Å². The van der Waals surface area contributed by atoms with Crippen LogP contribution >= 0.6 is 0 Å². The lowest BCUT2D eigenvalue weighted by Crippen LogP contribution is -2.54. The summed E-state index contributed by atoms with van der Waals surface area (Å²) in [7, 11) is 0. The van der Waals surface area contributed by atoms with Crippen LogP contribution < -0.4 is 0 Å². The minimum absolute atomic E-state index is 0.00546. The van der Waals surface area contributed by atoms with Crippen LogP contribution in [-0.4, -0.2) is 135 Å². The van der Waals surface area contributed by atoms with Crippen LogP contribution in [0.2, 0.25) is 0 Å². The largest absolute Gasteiger partial charge is 0.481 e. The van der Waals surface area contributed by atoms with Gasteiger partial charge < -0.3 is 52.5 Å². The van der Waals surface area contributed by atoms with Crippen molar-refractivity contribution in [3.8, 4) is 0 Å². The zero-order chi connectivity index (χ0) is 101. The SMILES string of the molecule is CC(=O)O[C@@H]1CC[C@@]2(C)[C@H](CC[C@@H]3[C@@H]2CC[C@]2(C)[C@@H]([C@H](C)CCC(=O)OCC(C)(COC(=O)CC[C@@H](C)[C@H]4CC[C@H]5[C@@H]6CC[C@@H]7C[C@H](OC(C)=O)CC[C@]7(C)[C@H]6CC[C@]45C)C(=O)OCC(C)(COC(=O)C(C)(COC(=O)CC[C@@H](C)[C@H]4CC[C@H]5[C@@H]6CC[C@@H]7C[C@H](OC(C)=O)CC[C@]7(C)[C@H]6CC[C@]45C)COC(=O)CC[C@@H](C)[C@H]4CC[C@H]5[C@@H]6CC[C@@H]7C[C@H](OC(C)=O)CC[C@]7(C)[C@H]6CC[C@]45C)C(=O)O)CC[C@@H]32)C1. The van der Waals surface area contributed by atoms with Crippen LogP contribution in [0.4, 0.5) is 0 Å². The van der Waals surface area contributed by atoms with Crippen LogP contribution in [0.15, 0.2) is 0 Å². The minimum atomic E-state index is -2.10. The van der Waals surface area contributed by atoms with Crippen molar-refractivity contribution in [3.63, 3.8) is 0 Å². The Morgan fingerprint density at radius 2 is 0.461 bits per heavy atom. The third-order valence-electron chi connectivity index (χ3n) is 46.8. The van der Waals surface area contributed by atoms with Gasteiger partial charge >= 0.3 is 65.7 Å². The van der Waals surface area contributed by atoms with Gasteiger partial charge in [0.15, 0.2) is 0 Å². The standard InChI is InChI=1S/C119H186O22/c1-70(90-32-36-94-86-28-24-78-60-82(138-74(5)120)44-52-112(78,12)98(86)48-56-116(90,94)16)20-40-102(124)132-66-110(10,67-133-103(125)41-21-71(2)91-33-37-95-87-29-25-79-61-83(139-75(6)121)45-53-113(79,13)99(87)49-57-117(91,95)17)107(130)136-64-109(9,106(128)129)65-137-108(131)111(11,68-134-104(126)42-22-72(3)92-34-38-96-88-30-26-80-62-84(140-76(7)122)46-54-114(80,14)100(88)50-58-118(92,96)18)69-135-105(127)43-23-73(4)93-35-39-97-89-31-27-81-63-85(141-77(8)123)47-55-115(81,15)101(89)51-59-119(93,97)19/h70-73,78-101H,20-69H2,1-19H3,(H,128,129)/t70-,71-,72-,73-,78-,79-,80-,81-,82-,83-,84-,85-,86+,87+,88+,89+,90-,91-,92-,93-,94+,95+,96+,97+,98+,99+,100+,101+,112+,113+,114+,115+,116-,117-,118-,119-/m1/s1. The lowest BCUT2D eigenvalue weighted by molar-refractivity contribution is -0.180. The molecule has 16 saturated carbocycles. The maximum absolute atomic E-state index is 15.2. The number of aliphatic carboxylic acids is 1. The van der Waals surface area contributed by atoms with Gasteiger partial charge in [-0.1, -0.05) is 83.1 Å². The Labute approximate surface area is 845 Å². The number of rotatable bonds is 35. The number of esters is 10. The molecule has 16 rings (SSSR count). The molecule has 0 aromatic rings. The van der Waals surface area contributed by atoms with E-state index in [2.05, 4.69) is 83.1 Å². The Balaban J connectivity index is 0.567. The smallest absolute Gasteiger partial charge is 0.318 e. The second kappa shape index (κ2) is 42.3. The molecule has 0 unspecified atom stereocenters. The molecule has 0 saturated heterocycles. The zero-order valence-corrected chi connectivity index (χ0v) is 90.5. The van der Waals surface area contributed by atoms with Gasteiger partial charge in [0.25, 0.3) is 0 Å². The van der Waals surface area contributed by atoms with E-state index < -0.39 is 97.7 Å². The van der Waals surface area contributed by atoms with Crippen LogP contribution in [-0.2, 0) is 100 Å². The first-order chi connectivity index (χ1) is 66.5. The molecule has 0 aliphatic heterocycles. The Morgan fingerprint density at radius 3 is 0.667 bits per heavy atom. The number of hydrogen-bond acceptors (Lipinski definition) is 21. The van der Waals surface area contributed by atoms with Gasteiger partial charge in [0.05, 0.1) is 0 Å². The Hall–Kier alpha value is -5.83. The van der Waals surface area contributed by atoms with Crippen LogP contribution in [0.3, 0.4) is 0 Å². The molecule has 16 aliphatic carbocycles. The average molecular weight is 1970 g/mol. The number of fused-ring (bicyclic) bond motifs is 20. The summed E-state index contributed by atoms with van der Waals surface area (Å²) < 4.78 is 59.9. The third kappa shape index (κ3) is 21.2.